The lowest BCUT2D eigenvalue weighted by molar-refractivity contribution is -0.0965. The fraction of sp³-hybridized carbons (Fsp3) is 1.00. The summed E-state index contributed by atoms with van der Waals surface area (Å²) in [4.78, 5) is 3.82. The molecule has 2 unspecified atom stereocenters. The maximum atomic E-state index is 9.80. The van der Waals surface area contributed by atoms with Crippen LogP contribution in [0.4, 0.5) is 0 Å². The zero-order valence-electron chi connectivity index (χ0n) is 8.40. The lowest BCUT2D eigenvalue weighted by Crippen LogP contribution is -2.45. The Labute approximate surface area is 73.7 Å². The molecule has 0 saturated carbocycles. The quantitative estimate of drug-likeness (QED) is 0.602. The first-order chi connectivity index (χ1) is 5.42. The van der Waals surface area contributed by atoms with E-state index in [0.717, 1.165) is 0 Å². The Morgan fingerprint density at radius 2 is 1.83 bits per heavy atom. The maximum Gasteiger partial charge on any atom is 0.170 e. The zero-order valence-corrected chi connectivity index (χ0v) is 8.40. The summed E-state index contributed by atoms with van der Waals surface area (Å²) in [6, 6.07) is 0. The van der Waals surface area contributed by atoms with E-state index < -0.39 is 6.23 Å². The zero-order chi connectivity index (χ0) is 9.52. The minimum Gasteiger partial charge on any atom is -0.376 e. The van der Waals surface area contributed by atoms with E-state index in [1.807, 2.05) is 32.8 Å². The Morgan fingerprint density at radius 1 is 1.33 bits per heavy atom. The number of rotatable bonds is 1. The summed E-state index contributed by atoms with van der Waals surface area (Å²) < 4.78 is 5.23. The van der Waals surface area contributed by atoms with Gasteiger partial charge in [-0.05, 0) is 27.9 Å². The lowest BCUT2D eigenvalue weighted by atomic mass is 10.0. The first-order valence-electron chi connectivity index (χ1n) is 4.08. The van der Waals surface area contributed by atoms with Gasteiger partial charge in [-0.25, -0.2) is 4.90 Å². The van der Waals surface area contributed by atoms with Crippen molar-refractivity contribution in [3.05, 3.63) is 0 Å². The van der Waals surface area contributed by atoms with Crippen molar-refractivity contribution in [2.24, 2.45) is 0 Å². The van der Waals surface area contributed by atoms with E-state index in [9.17, 15) is 5.11 Å². The molecule has 2 atom stereocenters. The molecule has 1 fully saturated rings. The number of aliphatic hydroxyl groups excluding tert-OH is 1. The van der Waals surface area contributed by atoms with E-state index in [-0.39, 0.29) is 11.9 Å². The Morgan fingerprint density at radius 3 is 2.00 bits per heavy atom. The highest BCUT2D eigenvalue weighted by molar-refractivity contribution is 4.94. The molecule has 4 heteroatoms. The predicted molar refractivity (Wildman–Crippen MR) is 46.4 cm³/mol. The van der Waals surface area contributed by atoms with E-state index in [2.05, 4.69) is 0 Å². The number of hydrogen-bond acceptors (Lipinski definition) is 4. The van der Waals surface area contributed by atoms with E-state index in [0.29, 0.717) is 0 Å². The van der Waals surface area contributed by atoms with Crippen LogP contribution in [0.2, 0.25) is 0 Å². The van der Waals surface area contributed by atoms with Gasteiger partial charge in [0.2, 0.25) is 0 Å². The molecular formula is C8H18N2O2. The number of hydrogen-bond donors (Lipinski definition) is 1. The van der Waals surface area contributed by atoms with Crippen molar-refractivity contribution in [3.8, 4) is 0 Å². The van der Waals surface area contributed by atoms with Crippen LogP contribution in [-0.2, 0) is 4.74 Å². The third-order valence-corrected chi connectivity index (χ3v) is 2.82. The van der Waals surface area contributed by atoms with Gasteiger partial charge in [0, 0.05) is 7.11 Å². The van der Waals surface area contributed by atoms with Crippen LogP contribution in [0.25, 0.3) is 0 Å². The number of nitrogens with zero attached hydrogens (tertiary/aromatic N) is 2. The van der Waals surface area contributed by atoms with Crippen molar-refractivity contribution in [2.75, 3.05) is 21.2 Å². The summed E-state index contributed by atoms with van der Waals surface area (Å²) in [5.41, 5.74) is -0.255. The molecule has 0 aromatic carbocycles. The number of likely N-dealkylation sites (N-methyl/N-ethyl adjacent to an activating group) is 2. The second kappa shape index (κ2) is 2.96. The Hall–Kier alpha value is -0.160. The second-order valence-corrected chi connectivity index (χ2v) is 3.87. The molecule has 1 saturated heterocycles. The summed E-state index contributed by atoms with van der Waals surface area (Å²) in [5.74, 6) is 0. The van der Waals surface area contributed by atoms with Gasteiger partial charge in [-0.2, -0.15) is 0 Å². The van der Waals surface area contributed by atoms with E-state index >= 15 is 0 Å². The van der Waals surface area contributed by atoms with Crippen molar-refractivity contribution in [1.82, 2.24) is 9.80 Å². The molecule has 1 rings (SSSR count). The van der Waals surface area contributed by atoms with Crippen molar-refractivity contribution in [3.63, 3.8) is 0 Å². The molecule has 0 aliphatic carbocycles. The van der Waals surface area contributed by atoms with Crippen LogP contribution in [0.1, 0.15) is 13.8 Å². The van der Waals surface area contributed by atoms with Gasteiger partial charge in [0.25, 0.3) is 0 Å². The molecular weight excluding hydrogens is 156 g/mol. The highest BCUT2D eigenvalue weighted by Gasteiger charge is 2.48. The fourth-order valence-electron chi connectivity index (χ4n) is 1.68. The first kappa shape index (κ1) is 9.92. The van der Waals surface area contributed by atoms with Gasteiger partial charge in [-0.1, -0.05) is 0 Å². The molecule has 0 bridgehead atoms. The van der Waals surface area contributed by atoms with Gasteiger partial charge in [0.15, 0.2) is 6.35 Å². The normalized spacial score (nSPS) is 37.5. The number of methoxy groups -OCH3 is 1. The average Bonchev–Trinajstić information content (AvgIpc) is 2.15. The molecule has 0 spiro atoms. The molecule has 0 aromatic rings. The molecule has 12 heavy (non-hydrogen) atoms. The van der Waals surface area contributed by atoms with E-state index in [4.69, 9.17) is 4.74 Å². The Bertz CT molecular complexity index is 172. The van der Waals surface area contributed by atoms with Gasteiger partial charge >= 0.3 is 0 Å². The summed E-state index contributed by atoms with van der Waals surface area (Å²) in [6.45, 7) is 3.99. The summed E-state index contributed by atoms with van der Waals surface area (Å²) in [7, 11) is 5.44. The summed E-state index contributed by atoms with van der Waals surface area (Å²) in [5, 5.41) is 9.80. The van der Waals surface area contributed by atoms with Crippen LogP contribution < -0.4 is 0 Å². The third kappa shape index (κ3) is 1.15. The number of aliphatic hydroxyl groups is 1. The smallest absolute Gasteiger partial charge is 0.170 e. The second-order valence-electron chi connectivity index (χ2n) is 3.87. The fourth-order valence-corrected chi connectivity index (χ4v) is 1.68. The highest BCUT2D eigenvalue weighted by Crippen LogP contribution is 2.31. The highest BCUT2D eigenvalue weighted by atomic mass is 16.5. The maximum absolute atomic E-state index is 9.80. The summed E-state index contributed by atoms with van der Waals surface area (Å²) in [6.07, 6.45) is -0.609. The first-order valence-corrected chi connectivity index (χ1v) is 4.08. The van der Waals surface area contributed by atoms with Crippen LogP contribution >= 0.6 is 0 Å². The van der Waals surface area contributed by atoms with Crippen molar-refractivity contribution < 1.29 is 9.84 Å². The molecule has 1 N–H and O–H groups in total. The van der Waals surface area contributed by atoms with Crippen LogP contribution in [-0.4, -0.2) is 54.2 Å². The largest absolute Gasteiger partial charge is 0.376 e. The van der Waals surface area contributed by atoms with Crippen molar-refractivity contribution in [2.45, 2.75) is 32.0 Å². The van der Waals surface area contributed by atoms with Crippen LogP contribution in [0.3, 0.4) is 0 Å². The van der Waals surface area contributed by atoms with Gasteiger partial charge in [0.05, 0.1) is 5.54 Å². The topological polar surface area (TPSA) is 35.9 Å². The van der Waals surface area contributed by atoms with Crippen molar-refractivity contribution in [1.29, 1.82) is 0 Å². The van der Waals surface area contributed by atoms with Gasteiger partial charge in [0.1, 0.15) is 6.23 Å². The minimum absolute atomic E-state index is 0.130. The van der Waals surface area contributed by atoms with E-state index in [1.165, 1.54) is 0 Å². The monoisotopic (exact) mass is 174 g/mol. The molecule has 4 nitrogen and oxygen atoms in total. The number of ether oxygens (including phenoxy) is 1. The molecule has 1 aliphatic rings. The standard InChI is InChI=1S/C8H18N2O2/c1-8(2)6(11)9(3)7(12-5)10(8)4/h6-7,11H,1-5H3. The molecule has 0 amide bonds. The molecule has 1 aliphatic heterocycles. The Balaban J connectivity index is 2.86. The van der Waals surface area contributed by atoms with Gasteiger partial charge in [-0.3, -0.25) is 4.90 Å². The third-order valence-electron chi connectivity index (χ3n) is 2.82. The van der Waals surface area contributed by atoms with Crippen LogP contribution in [0.15, 0.2) is 0 Å². The molecule has 0 aromatic heterocycles. The van der Waals surface area contributed by atoms with Crippen molar-refractivity contribution >= 4 is 0 Å². The molecule has 72 valence electrons. The Kier molecular flexibility index (Phi) is 2.45. The molecule has 1 heterocycles. The lowest BCUT2D eigenvalue weighted by Gasteiger charge is -2.30. The SMILES string of the molecule is COC1N(C)C(O)C(C)(C)N1C. The molecule has 0 radical (unpaired) electrons. The summed E-state index contributed by atoms with van der Waals surface area (Å²) >= 11 is 0. The van der Waals surface area contributed by atoms with Gasteiger partial charge < -0.3 is 9.84 Å². The minimum atomic E-state index is -0.479. The van der Waals surface area contributed by atoms with E-state index in [1.54, 1.807) is 12.0 Å². The van der Waals surface area contributed by atoms with Crippen LogP contribution in [0.5, 0.6) is 0 Å². The predicted octanol–water partition coefficient (Wildman–Crippen LogP) is -0.109. The van der Waals surface area contributed by atoms with Crippen LogP contribution in [0, 0.1) is 0 Å². The average molecular weight is 174 g/mol. The van der Waals surface area contributed by atoms with Gasteiger partial charge in [-0.15, -0.1) is 0 Å².